The summed E-state index contributed by atoms with van der Waals surface area (Å²) in [6.45, 7) is 2.08. The SMILES string of the molecule is NS(=O)(=O)c1ccc2c(c1)CN(c1cc(C3CC3)nc(NCc3ccccc3)n1)CC2. The summed E-state index contributed by atoms with van der Waals surface area (Å²) in [5, 5.41) is 8.69. The Labute approximate surface area is 182 Å². The third-order valence-electron chi connectivity index (χ3n) is 5.86. The number of rotatable bonds is 6. The minimum atomic E-state index is -3.72. The van der Waals surface area contributed by atoms with E-state index in [2.05, 4.69) is 28.4 Å². The van der Waals surface area contributed by atoms with Gasteiger partial charge in [0.25, 0.3) is 0 Å². The maximum absolute atomic E-state index is 11.8. The van der Waals surface area contributed by atoms with Crippen LogP contribution in [0.25, 0.3) is 0 Å². The van der Waals surface area contributed by atoms with Gasteiger partial charge in [-0.25, -0.2) is 18.5 Å². The predicted molar refractivity (Wildman–Crippen MR) is 120 cm³/mol. The van der Waals surface area contributed by atoms with Crippen molar-refractivity contribution in [1.82, 2.24) is 9.97 Å². The van der Waals surface area contributed by atoms with E-state index in [-0.39, 0.29) is 4.90 Å². The molecule has 1 saturated carbocycles. The van der Waals surface area contributed by atoms with Crippen molar-refractivity contribution in [3.63, 3.8) is 0 Å². The molecular weight excluding hydrogens is 410 g/mol. The molecule has 160 valence electrons. The second-order valence-electron chi connectivity index (χ2n) is 8.24. The molecule has 0 spiro atoms. The van der Waals surface area contributed by atoms with Crippen molar-refractivity contribution in [3.8, 4) is 0 Å². The Balaban J connectivity index is 1.41. The lowest BCUT2D eigenvalue weighted by atomic mass is 10.00. The lowest BCUT2D eigenvalue weighted by Crippen LogP contribution is -2.31. The summed E-state index contributed by atoms with van der Waals surface area (Å²) in [6.07, 6.45) is 3.15. The summed E-state index contributed by atoms with van der Waals surface area (Å²) in [5.74, 6) is 2.01. The van der Waals surface area contributed by atoms with Gasteiger partial charge in [0.15, 0.2) is 0 Å². The molecule has 2 heterocycles. The van der Waals surface area contributed by atoms with Crippen molar-refractivity contribution >= 4 is 21.8 Å². The van der Waals surface area contributed by atoms with E-state index in [1.165, 1.54) is 5.56 Å². The summed E-state index contributed by atoms with van der Waals surface area (Å²) in [6, 6.07) is 17.4. The average Bonchev–Trinajstić information content (AvgIpc) is 3.62. The number of nitrogens with one attached hydrogen (secondary N) is 1. The molecule has 2 aromatic carbocycles. The Morgan fingerprint density at radius 1 is 1.03 bits per heavy atom. The number of nitrogens with two attached hydrogens (primary N) is 1. The highest BCUT2D eigenvalue weighted by Gasteiger charge is 2.28. The lowest BCUT2D eigenvalue weighted by Gasteiger charge is -2.30. The van der Waals surface area contributed by atoms with E-state index in [9.17, 15) is 8.42 Å². The number of primary sulfonamides is 1. The Morgan fingerprint density at radius 3 is 2.58 bits per heavy atom. The van der Waals surface area contributed by atoms with Gasteiger partial charge in [0, 0.05) is 31.6 Å². The van der Waals surface area contributed by atoms with E-state index in [0.29, 0.717) is 25.0 Å². The predicted octanol–water partition coefficient (Wildman–Crippen LogP) is 3.18. The van der Waals surface area contributed by atoms with E-state index in [1.54, 1.807) is 12.1 Å². The fourth-order valence-electron chi connectivity index (χ4n) is 3.96. The van der Waals surface area contributed by atoms with Crippen molar-refractivity contribution in [1.29, 1.82) is 0 Å². The fourth-order valence-corrected chi connectivity index (χ4v) is 4.53. The van der Waals surface area contributed by atoms with Crippen LogP contribution >= 0.6 is 0 Å². The summed E-state index contributed by atoms with van der Waals surface area (Å²) in [5.41, 5.74) is 4.38. The highest BCUT2D eigenvalue weighted by Crippen LogP contribution is 2.40. The number of hydrogen-bond acceptors (Lipinski definition) is 6. The second kappa shape index (κ2) is 7.94. The van der Waals surface area contributed by atoms with Crippen LogP contribution in [-0.2, 0) is 29.5 Å². The number of fused-ring (bicyclic) bond motifs is 1. The smallest absolute Gasteiger partial charge is 0.238 e. The van der Waals surface area contributed by atoms with Gasteiger partial charge in [0.2, 0.25) is 16.0 Å². The van der Waals surface area contributed by atoms with Crippen LogP contribution in [0.2, 0.25) is 0 Å². The molecule has 0 atom stereocenters. The Morgan fingerprint density at radius 2 is 1.84 bits per heavy atom. The number of aromatic nitrogens is 2. The number of anilines is 2. The highest BCUT2D eigenvalue weighted by atomic mass is 32.2. The monoisotopic (exact) mass is 435 g/mol. The van der Waals surface area contributed by atoms with Gasteiger partial charge < -0.3 is 10.2 Å². The molecule has 1 aliphatic carbocycles. The zero-order valence-corrected chi connectivity index (χ0v) is 18.0. The molecule has 1 aromatic heterocycles. The molecule has 3 N–H and O–H groups in total. The van der Waals surface area contributed by atoms with Crippen LogP contribution in [0, 0.1) is 0 Å². The fraction of sp³-hybridized carbons (Fsp3) is 0.304. The maximum Gasteiger partial charge on any atom is 0.238 e. The van der Waals surface area contributed by atoms with Gasteiger partial charge in [-0.15, -0.1) is 0 Å². The lowest BCUT2D eigenvalue weighted by molar-refractivity contribution is 0.597. The van der Waals surface area contributed by atoms with Crippen LogP contribution in [-0.4, -0.2) is 24.9 Å². The first-order valence-corrected chi connectivity index (χ1v) is 12.1. The minimum absolute atomic E-state index is 0.152. The van der Waals surface area contributed by atoms with Crippen molar-refractivity contribution in [2.45, 2.75) is 43.2 Å². The molecule has 0 amide bonds. The van der Waals surface area contributed by atoms with Gasteiger partial charge in [-0.2, -0.15) is 4.98 Å². The molecule has 2 aliphatic rings. The summed E-state index contributed by atoms with van der Waals surface area (Å²) >= 11 is 0. The Bertz CT molecular complexity index is 1210. The third kappa shape index (κ3) is 4.55. The molecule has 8 heteroatoms. The molecule has 3 aromatic rings. The highest BCUT2D eigenvalue weighted by molar-refractivity contribution is 7.89. The van der Waals surface area contributed by atoms with Gasteiger partial charge in [-0.05, 0) is 48.1 Å². The van der Waals surface area contributed by atoms with Crippen LogP contribution in [0.4, 0.5) is 11.8 Å². The Hall–Kier alpha value is -2.97. The van der Waals surface area contributed by atoms with Crippen LogP contribution in [0.15, 0.2) is 59.5 Å². The van der Waals surface area contributed by atoms with Gasteiger partial charge in [-0.3, -0.25) is 0 Å². The number of nitrogens with zero attached hydrogens (tertiary/aromatic N) is 3. The summed E-state index contributed by atoms with van der Waals surface area (Å²) in [7, 11) is -3.72. The first-order chi connectivity index (χ1) is 15.0. The molecule has 7 nitrogen and oxygen atoms in total. The molecule has 1 aliphatic heterocycles. The third-order valence-corrected chi connectivity index (χ3v) is 6.78. The standard InChI is InChI=1S/C23H25N5O2S/c24-31(29,30)20-9-8-17-10-11-28(15-19(17)12-20)22-13-21(18-6-7-18)26-23(27-22)25-14-16-4-2-1-3-5-16/h1-5,8-9,12-13,18H,6-7,10-11,14-15H2,(H2,24,29,30)(H,25,26,27). The van der Waals surface area contributed by atoms with Crippen molar-refractivity contribution in [2.75, 3.05) is 16.8 Å². The number of hydrogen-bond donors (Lipinski definition) is 2. The van der Waals surface area contributed by atoms with Crippen LogP contribution in [0.5, 0.6) is 0 Å². The van der Waals surface area contributed by atoms with Gasteiger partial charge in [-0.1, -0.05) is 36.4 Å². The normalized spacial score (nSPS) is 16.1. The second-order valence-corrected chi connectivity index (χ2v) is 9.80. The van der Waals surface area contributed by atoms with E-state index in [1.807, 2.05) is 24.3 Å². The minimum Gasteiger partial charge on any atom is -0.352 e. The summed E-state index contributed by atoms with van der Waals surface area (Å²) < 4.78 is 23.5. The van der Waals surface area contributed by atoms with Gasteiger partial charge in [0.05, 0.1) is 10.6 Å². The first kappa shape index (κ1) is 20.0. The number of benzene rings is 2. The molecular formula is C23H25N5O2S. The zero-order valence-electron chi connectivity index (χ0n) is 17.2. The average molecular weight is 436 g/mol. The quantitative estimate of drug-likeness (QED) is 0.617. The molecule has 5 rings (SSSR count). The molecule has 0 bridgehead atoms. The summed E-state index contributed by atoms with van der Waals surface area (Å²) in [4.78, 5) is 11.9. The Kier molecular flexibility index (Phi) is 5.11. The van der Waals surface area contributed by atoms with Crippen LogP contribution in [0.3, 0.4) is 0 Å². The van der Waals surface area contributed by atoms with Crippen molar-refractivity contribution in [3.05, 3.63) is 77.0 Å². The van der Waals surface area contributed by atoms with E-state index in [0.717, 1.165) is 48.4 Å². The molecule has 31 heavy (non-hydrogen) atoms. The molecule has 1 fully saturated rings. The van der Waals surface area contributed by atoms with Gasteiger partial charge >= 0.3 is 0 Å². The van der Waals surface area contributed by atoms with Crippen LogP contribution in [0.1, 0.15) is 41.1 Å². The van der Waals surface area contributed by atoms with Crippen molar-refractivity contribution in [2.24, 2.45) is 5.14 Å². The van der Waals surface area contributed by atoms with E-state index < -0.39 is 10.0 Å². The number of sulfonamides is 1. The molecule has 0 radical (unpaired) electrons. The largest absolute Gasteiger partial charge is 0.352 e. The van der Waals surface area contributed by atoms with Gasteiger partial charge in [0.1, 0.15) is 5.82 Å². The van der Waals surface area contributed by atoms with E-state index >= 15 is 0 Å². The molecule has 0 saturated heterocycles. The molecule has 0 unspecified atom stereocenters. The first-order valence-electron chi connectivity index (χ1n) is 10.5. The van der Waals surface area contributed by atoms with Crippen LogP contribution < -0.4 is 15.4 Å². The maximum atomic E-state index is 11.8. The van der Waals surface area contributed by atoms with E-state index in [4.69, 9.17) is 15.1 Å². The zero-order chi connectivity index (χ0) is 21.4. The van der Waals surface area contributed by atoms with Crippen molar-refractivity contribution < 1.29 is 8.42 Å². The topological polar surface area (TPSA) is 101 Å².